The Bertz CT molecular complexity index is 2230. The molecule has 8 N–H and O–H groups in total. The molecule has 58 heavy (non-hydrogen) atoms. The number of ketones is 1. The van der Waals surface area contributed by atoms with Crippen LogP contribution < -0.4 is 16.4 Å². The van der Waals surface area contributed by atoms with E-state index in [-0.39, 0.29) is 53.9 Å². The molecule has 9 atom stereocenters. The lowest BCUT2D eigenvalue weighted by Gasteiger charge is -2.48. The average Bonchev–Trinajstić information content (AvgIpc) is 4.00. The molecular formula is C47H56N4O5S2. The third-order valence-electron chi connectivity index (χ3n) is 14.2. The molecule has 3 aromatic rings. The maximum atomic E-state index is 15.1. The number of carbonyl (C=O) groups is 1. The Labute approximate surface area is 350 Å². The molecule has 0 unspecified atom stereocenters. The number of nitrogens with zero attached hydrogens (tertiary/aromatic N) is 1. The number of aliphatic hydroxyl groups is 3. The van der Waals surface area contributed by atoms with Gasteiger partial charge in [-0.1, -0.05) is 49.2 Å². The van der Waals surface area contributed by atoms with Crippen LogP contribution in [0.2, 0.25) is 0 Å². The molecule has 0 radical (unpaired) electrons. The fraction of sp³-hybridized carbons (Fsp3) is 0.532. The lowest BCUT2D eigenvalue weighted by molar-refractivity contribution is -0.0000945. The van der Waals surface area contributed by atoms with Crippen LogP contribution in [0, 0.1) is 58.2 Å². The zero-order valence-electron chi connectivity index (χ0n) is 33.7. The number of phenols is 1. The molecule has 3 heterocycles. The molecule has 5 aliphatic rings. The monoisotopic (exact) mass is 820 g/mol. The molecule has 0 amide bonds. The van der Waals surface area contributed by atoms with Gasteiger partial charge in [-0.25, -0.2) is 0 Å². The van der Waals surface area contributed by atoms with Crippen LogP contribution in [-0.2, 0) is 6.42 Å². The third kappa shape index (κ3) is 7.50. The van der Waals surface area contributed by atoms with Crippen molar-refractivity contribution in [1.82, 2.24) is 5.32 Å². The number of phenolic OH excluding ortho intramolecular Hbond substituents is 1. The number of nitrogens with one attached hydrogen (secondary N) is 2. The van der Waals surface area contributed by atoms with Crippen LogP contribution in [-0.4, -0.2) is 70.1 Å². The van der Waals surface area contributed by atoms with Gasteiger partial charge in [-0.15, -0.1) is 28.6 Å². The number of aromatic hydroxyl groups is 1. The van der Waals surface area contributed by atoms with Crippen molar-refractivity contribution in [1.29, 1.82) is 0 Å². The predicted octanol–water partition coefficient (Wildman–Crippen LogP) is 7.17. The number of hydrogen-bond donors (Lipinski definition) is 7. The molecule has 4 aliphatic carbocycles. The van der Waals surface area contributed by atoms with Gasteiger partial charge in [0, 0.05) is 39.7 Å². The first-order valence-electron chi connectivity index (χ1n) is 21.0. The van der Waals surface area contributed by atoms with Crippen LogP contribution in [0.1, 0.15) is 109 Å². The van der Waals surface area contributed by atoms with Gasteiger partial charge in [0.1, 0.15) is 5.75 Å². The normalized spacial score (nSPS) is 29.5. The zero-order valence-corrected chi connectivity index (χ0v) is 35.3. The van der Waals surface area contributed by atoms with Crippen molar-refractivity contribution in [3.05, 3.63) is 62.9 Å². The summed E-state index contributed by atoms with van der Waals surface area (Å²) < 4.78 is 0. The first-order valence-corrected chi connectivity index (χ1v) is 22.6. The van der Waals surface area contributed by atoms with Gasteiger partial charge in [-0.3, -0.25) is 9.79 Å². The number of Topliss-reactive ketones (excluding diaryl/α,β-unsaturated/α-hetero) is 1. The first-order chi connectivity index (χ1) is 28.0. The van der Waals surface area contributed by atoms with E-state index in [1.807, 2.05) is 37.3 Å². The number of guanidine groups is 1. The van der Waals surface area contributed by atoms with E-state index in [0.29, 0.717) is 36.5 Å². The van der Waals surface area contributed by atoms with Crippen molar-refractivity contribution < 1.29 is 25.2 Å². The molecule has 11 heteroatoms. The summed E-state index contributed by atoms with van der Waals surface area (Å²) in [7, 11) is 1.67. The Hall–Kier alpha value is -4.10. The summed E-state index contributed by atoms with van der Waals surface area (Å²) in [5.74, 6) is 13.9. The number of thiophene rings is 2. The minimum atomic E-state index is -0.939. The van der Waals surface area contributed by atoms with Crippen molar-refractivity contribution in [3.8, 4) is 39.2 Å². The number of aliphatic imine (C=N–C) groups is 1. The predicted molar refractivity (Wildman–Crippen MR) is 234 cm³/mol. The summed E-state index contributed by atoms with van der Waals surface area (Å²) in [4.78, 5) is 23.3. The molecule has 3 fully saturated rings. The van der Waals surface area contributed by atoms with Gasteiger partial charge in [-0.2, -0.15) is 0 Å². The largest absolute Gasteiger partial charge is 0.507 e. The Kier molecular flexibility index (Phi) is 11.6. The standard InChI is InChI=1S/C47H56N4O5S2/c1-4-8-30-10-14-40(57-30)41-15-16-42(58-41)44(56)34-12-9-28-23-47(34)24-33(39(55)26-52)35(25-47)46(18-6-5-7-19-46)20-17-31-29(21-37(28)51-45(48)49-3)22-38(54)32-11-13-36(27(2)53)50-43(31)32/h10-11,13-16,22,27-28,33-37,39,50,52-55H,5-7,9,12,18-19,21,23-26H2,1-3H3,(H3,48,49,51)/t27-,28-,33-,34+,35-,36-,37+,39+,47+/m0/s1. The maximum absolute atomic E-state index is 15.1. The van der Waals surface area contributed by atoms with Crippen LogP contribution in [0.15, 0.2) is 41.4 Å². The Morgan fingerprint density at radius 2 is 1.88 bits per heavy atom. The second kappa shape index (κ2) is 16.5. The van der Waals surface area contributed by atoms with Gasteiger partial charge in [0.15, 0.2) is 11.7 Å². The maximum Gasteiger partial charge on any atom is 0.188 e. The fourth-order valence-corrected chi connectivity index (χ4v) is 13.4. The molecule has 0 saturated heterocycles. The second-order valence-corrected chi connectivity index (χ2v) is 19.6. The highest BCUT2D eigenvalue weighted by atomic mass is 32.1. The highest BCUT2D eigenvalue weighted by Gasteiger charge is 2.60. The van der Waals surface area contributed by atoms with E-state index in [1.54, 1.807) is 36.6 Å². The molecule has 2 aromatic heterocycles. The molecule has 1 aromatic carbocycles. The zero-order chi connectivity index (χ0) is 40.8. The summed E-state index contributed by atoms with van der Waals surface area (Å²) in [6.07, 6.45) is 11.1. The molecule has 2 spiro atoms. The minimum absolute atomic E-state index is 0.0396. The number of fused-ring (bicyclic) bond motifs is 6. The Morgan fingerprint density at radius 3 is 2.62 bits per heavy atom. The SMILES string of the molecule is CC#Cc1ccc(-c2ccc(C(=O)[C@H]3CC[C@H]4C[C@]35C[C@H]([C@H](O)CO)[C@H](C5)C3(C#Cc5c(cc(O)c6c5N[C@H]([C@H](C)O)C=C6)C[C@H]4NC(N)=NC)CCCCC3)s2)s1. The van der Waals surface area contributed by atoms with E-state index < -0.39 is 23.0 Å². The van der Waals surface area contributed by atoms with Crippen molar-refractivity contribution in [3.63, 3.8) is 0 Å². The summed E-state index contributed by atoms with van der Waals surface area (Å²) in [5.41, 5.74) is 8.61. The van der Waals surface area contributed by atoms with Gasteiger partial charge in [0.05, 0.1) is 45.9 Å². The van der Waals surface area contributed by atoms with E-state index in [9.17, 15) is 20.4 Å². The number of anilines is 1. The first kappa shape index (κ1) is 40.7. The fourth-order valence-electron chi connectivity index (χ4n) is 11.4. The van der Waals surface area contributed by atoms with Crippen LogP contribution in [0.3, 0.4) is 0 Å². The van der Waals surface area contributed by atoms with E-state index >= 15 is 4.79 Å². The van der Waals surface area contributed by atoms with Crippen LogP contribution >= 0.6 is 22.7 Å². The van der Waals surface area contributed by atoms with E-state index in [0.717, 1.165) is 82.0 Å². The molecule has 9 nitrogen and oxygen atoms in total. The lowest BCUT2D eigenvalue weighted by atomic mass is 9.57. The second-order valence-electron chi connectivity index (χ2n) is 17.5. The van der Waals surface area contributed by atoms with Crippen molar-refractivity contribution >= 4 is 46.2 Å². The van der Waals surface area contributed by atoms with Gasteiger partial charge in [-0.05, 0) is 124 Å². The topological polar surface area (TPSA) is 160 Å². The number of benzene rings is 1. The Balaban J connectivity index is 1.27. The number of carbonyl (C=O) groups excluding carboxylic acids is 1. The highest BCUT2D eigenvalue weighted by Crippen LogP contribution is 2.65. The quantitative estimate of drug-likeness (QED) is 0.0572. The van der Waals surface area contributed by atoms with Gasteiger partial charge < -0.3 is 36.8 Å². The smallest absolute Gasteiger partial charge is 0.188 e. The molecule has 3 saturated carbocycles. The summed E-state index contributed by atoms with van der Waals surface area (Å²) >= 11 is 3.19. The highest BCUT2D eigenvalue weighted by molar-refractivity contribution is 7.23. The number of aliphatic hydroxyl groups excluding tert-OH is 3. The van der Waals surface area contributed by atoms with E-state index in [4.69, 9.17) is 5.73 Å². The molecule has 306 valence electrons. The molecule has 1 aliphatic heterocycles. The van der Waals surface area contributed by atoms with E-state index in [2.05, 4.69) is 51.4 Å². The van der Waals surface area contributed by atoms with Crippen molar-refractivity contribution in [2.45, 2.75) is 109 Å². The number of rotatable bonds is 7. The van der Waals surface area contributed by atoms with Crippen molar-refractivity contribution in [2.75, 3.05) is 19.0 Å². The summed E-state index contributed by atoms with van der Waals surface area (Å²) in [6, 6.07) is 9.45. The summed E-state index contributed by atoms with van der Waals surface area (Å²) in [5, 5.41) is 51.7. The minimum Gasteiger partial charge on any atom is -0.507 e. The van der Waals surface area contributed by atoms with Gasteiger partial charge >= 0.3 is 0 Å². The Morgan fingerprint density at radius 1 is 1.10 bits per heavy atom. The summed E-state index contributed by atoms with van der Waals surface area (Å²) in [6.45, 7) is 3.24. The van der Waals surface area contributed by atoms with Crippen LogP contribution in [0.5, 0.6) is 5.75 Å². The van der Waals surface area contributed by atoms with Gasteiger partial charge in [0.2, 0.25) is 0 Å². The lowest BCUT2D eigenvalue weighted by Crippen LogP contribution is -2.50. The number of hydrogen-bond acceptors (Lipinski definition) is 9. The molecule has 8 rings (SSSR count). The van der Waals surface area contributed by atoms with Crippen molar-refractivity contribution in [2.24, 2.45) is 45.2 Å². The number of nitrogens with two attached hydrogens (primary N) is 1. The third-order valence-corrected chi connectivity index (χ3v) is 16.5. The van der Waals surface area contributed by atoms with Crippen LogP contribution in [0.25, 0.3) is 15.8 Å². The van der Waals surface area contributed by atoms with Crippen LogP contribution in [0.4, 0.5) is 5.69 Å². The van der Waals surface area contributed by atoms with Gasteiger partial charge in [0.25, 0.3) is 0 Å². The average molecular weight is 821 g/mol. The molecule has 3 bridgehead atoms. The van der Waals surface area contributed by atoms with E-state index in [1.165, 1.54) is 0 Å². The molecular weight excluding hydrogens is 765 g/mol.